The molecule has 0 spiro atoms. The van der Waals surface area contributed by atoms with E-state index in [2.05, 4.69) is 25.4 Å². The van der Waals surface area contributed by atoms with Crippen LogP contribution in [0.1, 0.15) is 16.1 Å². The summed E-state index contributed by atoms with van der Waals surface area (Å²) in [6, 6.07) is 9.54. The van der Waals surface area contributed by atoms with Gasteiger partial charge in [-0.05, 0) is 24.3 Å². The van der Waals surface area contributed by atoms with Gasteiger partial charge in [0, 0.05) is 11.8 Å². The lowest BCUT2D eigenvalue weighted by Crippen LogP contribution is -2.16. The van der Waals surface area contributed by atoms with E-state index in [1.165, 1.54) is 59.6 Å². The molecular formula is C18H11F3N6O. The standard InChI is InChI=1S/C18H11F3N6O/c19-18(20,21)12-4-2-1-3-11(12)13-5-6-16-23-9-14(27(16)26-13)17(28)25-15-7-8-22-10-24-15/h1-10H,(H,22,24,25,28). The van der Waals surface area contributed by atoms with E-state index in [4.69, 9.17) is 0 Å². The third-order valence-electron chi connectivity index (χ3n) is 3.93. The molecule has 0 aliphatic heterocycles. The molecule has 0 saturated heterocycles. The molecule has 0 unspecified atom stereocenters. The molecule has 3 aromatic heterocycles. The van der Waals surface area contributed by atoms with Crippen LogP contribution in [0.2, 0.25) is 0 Å². The Morgan fingerprint density at radius 2 is 1.86 bits per heavy atom. The monoisotopic (exact) mass is 384 g/mol. The predicted molar refractivity (Wildman–Crippen MR) is 93.4 cm³/mol. The maximum Gasteiger partial charge on any atom is 0.417 e. The summed E-state index contributed by atoms with van der Waals surface area (Å²) < 4.78 is 41.1. The van der Waals surface area contributed by atoms with Crippen LogP contribution in [0.5, 0.6) is 0 Å². The molecule has 1 aromatic carbocycles. The molecular weight excluding hydrogens is 373 g/mol. The van der Waals surface area contributed by atoms with Crippen molar-refractivity contribution in [2.24, 2.45) is 0 Å². The Hall–Kier alpha value is -3.82. The number of benzene rings is 1. The quantitative estimate of drug-likeness (QED) is 0.585. The Bertz CT molecular complexity index is 1160. The summed E-state index contributed by atoms with van der Waals surface area (Å²) in [6.07, 6.45) is -0.510. The minimum absolute atomic E-state index is 0.0555. The van der Waals surface area contributed by atoms with E-state index in [9.17, 15) is 18.0 Å². The summed E-state index contributed by atoms with van der Waals surface area (Å²) in [5.74, 6) is -0.284. The lowest BCUT2D eigenvalue weighted by Gasteiger charge is -2.12. The number of hydrogen-bond donors (Lipinski definition) is 1. The van der Waals surface area contributed by atoms with Crippen molar-refractivity contribution in [1.29, 1.82) is 0 Å². The molecule has 7 nitrogen and oxygen atoms in total. The summed E-state index contributed by atoms with van der Waals surface area (Å²) in [7, 11) is 0. The molecule has 0 atom stereocenters. The second-order valence-electron chi connectivity index (χ2n) is 5.72. The molecule has 4 rings (SSSR count). The van der Waals surface area contributed by atoms with E-state index in [-0.39, 0.29) is 22.8 Å². The first-order valence-electron chi connectivity index (χ1n) is 8.02. The fourth-order valence-electron chi connectivity index (χ4n) is 2.67. The highest BCUT2D eigenvalue weighted by atomic mass is 19.4. The van der Waals surface area contributed by atoms with Crippen LogP contribution in [0.4, 0.5) is 19.0 Å². The van der Waals surface area contributed by atoms with Crippen LogP contribution in [0.25, 0.3) is 16.9 Å². The number of carbonyl (C=O) groups excluding carboxylic acids is 1. The number of fused-ring (bicyclic) bond motifs is 1. The number of aromatic nitrogens is 5. The van der Waals surface area contributed by atoms with E-state index < -0.39 is 17.6 Å². The Balaban J connectivity index is 1.77. The van der Waals surface area contributed by atoms with Crippen LogP contribution >= 0.6 is 0 Å². The maximum absolute atomic E-state index is 13.3. The van der Waals surface area contributed by atoms with E-state index in [0.29, 0.717) is 5.65 Å². The van der Waals surface area contributed by atoms with Gasteiger partial charge in [0.15, 0.2) is 11.3 Å². The molecule has 0 fully saturated rings. The normalized spacial score (nSPS) is 11.5. The fraction of sp³-hybridized carbons (Fsp3) is 0.0556. The van der Waals surface area contributed by atoms with Crippen LogP contribution in [-0.2, 0) is 6.18 Å². The van der Waals surface area contributed by atoms with Gasteiger partial charge in [0.1, 0.15) is 12.1 Å². The Morgan fingerprint density at radius 3 is 2.61 bits per heavy atom. The fourth-order valence-corrected chi connectivity index (χ4v) is 2.67. The van der Waals surface area contributed by atoms with Gasteiger partial charge in [-0.25, -0.2) is 19.5 Å². The summed E-state index contributed by atoms with van der Waals surface area (Å²) in [5, 5.41) is 6.76. The molecule has 0 radical (unpaired) electrons. The molecule has 1 amide bonds. The van der Waals surface area contributed by atoms with Gasteiger partial charge < -0.3 is 5.32 Å². The zero-order valence-corrected chi connectivity index (χ0v) is 14.1. The number of alkyl halides is 3. The van der Waals surface area contributed by atoms with Gasteiger partial charge in [-0.1, -0.05) is 18.2 Å². The highest BCUT2D eigenvalue weighted by Crippen LogP contribution is 2.36. The number of hydrogen-bond acceptors (Lipinski definition) is 5. The number of halogens is 3. The van der Waals surface area contributed by atoms with Crippen LogP contribution < -0.4 is 5.32 Å². The molecule has 0 bridgehead atoms. The van der Waals surface area contributed by atoms with E-state index >= 15 is 0 Å². The van der Waals surface area contributed by atoms with Crippen LogP contribution in [0, 0.1) is 0 Å². The lowest BCUT2D eigenvalue weighted by atomic mass is 10.0. The predicted octanol–water partition coefficient (Wildman–Crippen LogP) is 3.46. The van der Waals surface area contributed by atoms with Crippen molar-refractivity contribution in [3.8, 4) is 11.3 Å². The second kappa shape index (κ2) is 6.72. The minimum Gasteiger partial charge on any atom is -0.305 e. The van der Waals surface area contributed by atoms with Gasteiger partial charge in [-0.15, -0.1) is 0 Å². The number of nitrogens with one attached hydrogen (secondary N) is 1. The number of rotatable bonds is 3. The topological polar surface area (TPSA) is 85.1 Å². The maximum atomic E-state index is 13.3. The van der Waals surface area contributed by atoms with Crippen molar-refractivity contribution in [3.05, 3.63) is 72.4 Å². The Kier molecular flexibility index (Phi) is 4.22. The van der Waals surface area contributed by atoms with Crippen molar-refractivity contribution in [2.75, 3.05) is 5.32 Å². The Labute approximate surface area is 155 Å². The summed E-state index contributed by atoms with van der Waals surface area (Å²) in [4.78, 5) is 24.2. The number of imidazole rings is 1. The van der Waals surface area contributed by atoms with Crippen LogP contribution in [-0.4, -0.2) is 30.5 Å². The van der Waals surface area contributed by atoms with Gasteiger partial charge >= 0.3 is 6.18 Å². The van der Waals surface area contributed by atoms with Gasteiger partial charge in [-0.2, -0.15) is 18.3 Å². The summed E-state index contributed by atoms with van der Waals surface area (Å²) >= 11 is 0. The van der Waals surface area contributed by atoms with Gasteiger partial charge in [0.25, 0.3) is 5.91 Å². The summed E-state index contributed by atoms with van der Waals surface area (Å²) in [6.45, 7) is 0. The molecule has 4 aromatic rings. The van der Waals surface area contributed by atoms with Crippen molar-refractivity contribution < 1.29 is 18.0 Å². The molecule has 0 saturated carbocycles. The molecule has 1 N–H and O–H groups in total. The van der Waals surface area contributed by atoms with Gasteiger partial charge in [0.05, 0.1) is 17.5 Å². The number of carbonyl (C=O) groups is 1. The zero-order valence-electron chi connectivity index (χ0n) is 14.1. The van der Waals surface area contributed by atoms with Crippen LogP contribution in [0.3, 0.4) is 0 Å². The summed E-state index contributed by atoms with van der Waals surface area (Å²) in [5.41, 5.74) is -0.461. The second-order valence-corrected chi connectivity index (χ2v) is 5.72. The first kappa shape index (κ1) is 17.6. The van der Waals surface area contributed by atoms with Crippen molar-refractivity contribution in [3.63, 3.8) is 0 Å². The van der Waals surface area contributed by atoms with Gasteiger partial charge in [0.2, 0.25) is 0 Å². The zero-order chi connectivity index (χ0) is 19.7. The SMILES string of the molecule is O=C(Nc1ccncn1)c1cnc2ccc(-c3ccccc3C(F)(F)F)nn12. The van der Waals surface area contributed by atoms with Crippen molar-refractivity contribution >= 4 is 17.4 Å². The number of nitrogens with zero attached hydrogens (tertiary/aromatic N) is 5. The van der Waals surface area contributed by atoms with Crippen molar-refractivity contribution in [2.45, 2.75) is 6.18 Å². The average molecular weight is 384 g/mol. The molecule has 3 heterocycles. The van der Waals surface area contributed by atoms with E-state index in [1.807, 2.05) is 0 Å². The molecule has 0 aliphatic rings. The molecule has 0 aliphatic carbocycles. The third kappa shape index (κ3) is 3.27. The highest BCUT2D eigenvalue weighted by molar-refractivity contribution is 6.02. The van der Waals surface area contributed by atoms with Crippen molar-refractivity contribution in [1.82, 2.24) is 24.6 Å². The third-order valence-corrected chi connectivity index (χ3v) is 3.93. The number of amides is 1. The Morgan fingerprint density at radius 1 is 1.04 bits per heavy atom. The molecule has 140 valence electrons. The molecule has 28 heavy (non-hydrogen) atoms. The first-order chi connectivity index (χ1) is 13.4. The van der Waals surface area contributed by atoms with Gasteiger partial charge in [-0.3, -0.25) is 4.79 Å². The smallest absolute Gasteiger partial charge is 0.305 e. The average Bonchev–Trinajstić information content (AvgIpc) is 3.11. The van der Waals surface area contributed by atoms with E-state index in [0.717, 1.165) is 6.07 Å². The minimum atomic E-state index is -4.53. The molecule has 10 heteroatoms. The largest absolute Gasteiger partial charge is 0.417 e. The number of anilines is 1. The van der Waals surface area contributed by atoms with E-state index in [1.54, 1.807) is 0 Å². The first-order valence-corrected chi connectivity index (χ1v) is 8.02. The van der Waals surface area contributed by atoms with Crippen LogP contribution in [0.15, 0.2) is 61.2 Å². The lowest BCUT2D eigenvalue weighted by molar-refractivity contribution is -0.137. The highest BCUT2D eigenvalue weighted by Gasteiger charge is 2.33.